The van der Waals surface area contributed by atoms with Gasteiger partial charge in [-0.05, 0) is 12.2 Å². The Labute approximate surface area is 96.3 Å². The Morgan fingerprint density at radius 2 is 2.06 bits per heavy atom. The Hall–Kier alpha value is -0.430. The van der Waals surface area contributed by atoms with E-state index >= 15 is 0 Å². The van der Waals surface area contributed by atoms with Crippen LogP contribution in [-0.4, -0.2) is 34.5 Å². The number of unbranched alkanes of at least 4 members (excludes halogenated alkanes) is 1. The number of aliphatic hydroxyl groups excluding tert-OH is 1. The van der Waals surface area contributed by atoms with E-state index in [0.717, 1.165) is 25.1 Å². The summed E-state index contributed by atoms with van der Waals surface area (Å²) < 4.78 is 41.1. The molecule has 1 N–H and O–H groups in total. The third-order valence-electron chi connectivity index (χ3n) is 1.66. The molecule has 0 heterocycles. The van der Waals surface area contributed by atoms with Crippen molar-refractivity contribution in [3.8, 4) is 0 Å². The number of hydrogen-bond acceptors (Lipinski definition) is 4. The first kappa shape index (κ1) is 15.6. The van der Waals surface area contributed by atoms with E-state index in [9.17, 15) is 18.0 Å². The van der Waals surface area contributed by atoms with Crippen molar-refractivity contribution in [2.45, 2.75) is 44.4 Å². The largest absolute Gasteiger partial charge is 0.448 e. The first-order valence-corrected chi connectivity index (χ1v) is 5.87. The van der Waals surface area contributed by atoms with Crippen LogP contribution in [0.5, 0.6) is 0 Å². The molecule has 2 atom stereocenters. The summed E-state index contributed by atoms with van der Waals surface area (Å²) in [6.45, 7) is 2.90. The zero-order chi connectivity index (χ0) is 12.8. The summed E-state index contributed by atoms with van der Waals surface area (Å²) in [4.78, 5) is 10.6. The predicted octanol–water partition coefficient (Wildman–Crippen LogP) is 2.33. The number of esters is 1. The van der Waals surface area contributed by atoms with Gasteiger partial charge in [0.15, 0.2) is 11.5 Å². The van der Waals surface area contributed by atoms with Gasteiger partial charge in [0.05, 0.1) is 0 Å². The topological polar surface area (TPSA) is 46.5 Å². The smallest absolute Gasteiger partial charge is 0.418 e. The highest BCUT2D eigenvalue weighted by Crippen LogP contribution is 2.29. The lowest BCUT2D eigenvalue weighted by Crippen LogP contribution is -2.40. The fraction of sp³-hybridized carbons (Fsp3) is 0.889. The third-order valence-corrected chi connectivity index (χ3v) is 2.86. The van der Waals surface area contributed by atoms with Crippen LogP contribution in [0.4, 0.5) is 13.2 Å². The van der Waals surface area contributed by atoms with E-state index in [2.05, 4.69) is 4.74 Å². The van der Waals surface area contributed by atoms with E-state index in [1.165, 1.54) is 0 Å². The Morgan fingerprint density at radius 1 is 1.50 bits per heavy atom. The minimum atomic E-state index is -4.78. The minimum absolute atomic E-state index is 0.404. The van der Waals surface area contributed by atoms with E-state index in [4.69, 9.17) is 5.11 Å². The number of thioether (sulfide) groups is 1. The average molecular weight is 260 g/mol. The molecule has 96 valence electrons. The zero-order valence-corrected chi connectivity index (χ0v) is 9.90. The Kier molecular flexibility index (Phi) is 6.82. The number of aliphatic hydroxyl groups is 1. The normalized spacial score (nSPS) is 15.6. The van der Waals surface area contributed by atoms with Gasteiger partial charge >= 0.3 is 12.1 Å². The van der Waals surface area contributed by atoms with Crippen LogP contribution in [-0.2, 0) is 9.53 Å². The SMILES string of the molecule is CCCCSC(OC(C)=O)C(O)C(F)(F)F. The van der Waals surface area contributed by atoms with Gasteiger partial charge in [0.2, 0.25) is 0 Å². The van der Waals surface area contributed by atoms with Gasteiger partial charge in [0.1, 0.15) is 0 Å². The highest BCUT2D eigenvalue weighted by molar-refractivity contribution is 7.99. The lowest BCUT2D eigenvalue weighted by atomic mass is 10.4. The molecule has 2 unspecified atom stereocenters. The molecule has 16 heavy (non-hydrogen) atoms. The Morgan fingerprint density at radius 3 is 2.44 bits per heavy atom. The molecule has 0 fully saturated rings. The second-order valence-electron chi connectivity index (χ2n) is 3.19. The van der Waals surface area contributed by atoms with Crippen molar-refractivity contribution in [3.05, 3.63) is 0 Å². The minimum Gasteiger partial charge on any atom is -0.448 e. The average Bonchev–Trinajstić information content (AvgIpc) is 2.13. The van der Waals surface area contributed by atoms with E-state index in [-0.39, 0.29) is 0 Å². The van der Waals surface area contributed by atoms with Crippen molar-refractivity contribution >= 4 is 17.7 Å². The van der Waals surface area contributed by atoms with Crippen molar-refractivity contribution < 1.29 is 27.8 Å². The Bertz CT molecular complexity index is 221. The summed E-state index contributed by atoms with van der Waals surface area (Å²) in [5, 5.41) is 8.97. The molecule has 0 radical (unpaired) electrons. The monoisotopic (exact) mass is 260 g/mol. The van der Waals surface area contributed by atoms with Crippen LogP contribution < -0.4 is 0 Å². The van der Waals surface area contributed by atoms with Gasteiger partial charge in [0, 0.05) is 6.92 Å². The first-order chi connectivity index (χ1) is 7.29. The van der Waals surface area contributed by atoms with Crippen LogP contribution in [0.15, 0.2) is 0 Å². The van der Waals surface area contributed by atoms with Gasteiger partial charge in [0.25, 0.3) is 0 Å². The number of ether oxygens (including phenoxy) is 1. The quantitative estimate of drug-likeness (QED) is 0.452. The van der Waals surface area contributed by atoms with E-state index in [1.54, 1.807) is 0 Å². The molecule has 0 aromatic carbocycles. The summed E-state index contributed by atoms with van der Waals surface area (Å²) in [5.74, 6) is -0.431. The molecular weight excluding hydrogens is 245 g/mol. The standard InChI is InChI=1S/C9H15F3O3S/c1-3-4-5-16-8(15-6(2)13)7(14)9(10,11)12/h7-8,14H,3-5H2,1-2H3. The summed E-state index contributed by atoms with van der Waals surface area (Å²) in [6.07, 6.45) is -5.90. The van der Waals surface area contributed by atoms with Crippen molar-refractivity contribution in [1.82, 2.24) is 0 Å². The van der Waals surface area contributed by atoms with Crippen molar-refractivity contribution in [1.29, 1.82) is 0 Å². The molecule has 7 heteroatoms. The number of carbonyl (C=O) groups excluding carboxylic acids is 1. The predicted molar refractivity (Wildman–Crippen MR) is 55.0 cm³/mol. The van der Waals surface area contributed by atoms with Gasteiger partial charge < -0.3 is 9.84 Å². The second kappa shape index (κ2) is 7.01. The molecule has 0 bridgehead atoms. The van der Waals surface area contributed by atoms with Crippen LogP contribution in [0.2, 0.25) is 0 Å². The fourth-order valence-corrected chi connectivity index (χ4v) is 2.08. The molecule has 0 saturated heterocycles. The number of carbonyl (C=O) groups is 1. The van der Waals surface area contributed by atoms with E-state index in [0.29, 0.717) is 12.2 Å². The van der Waals surface area contributed by atoms with Crippen LogP contribution in [0.3, 0.4) is 0 Å². The lowest BCUT2D eigenvalue weighted by Gasteiger charge is -2.23. The fourth-order valence-electron chi connectivity index (χ4n) is 0.851. The van der Waals surface area contributed by atoms with Crippen molar-refractivity contribution in [3.63, 3.8) is 0 Å². The third kappa shape index (κ3) is 6.22. The molecule has 0 aromatic heterocycles. The molecule has 0 aliphatic carbocycles. The number of hydrogen-bond donors (Lipinski definition) is 1. The number of alkyl halides is 3. The lowest BCUT2D eigenvalue weighted by molar-refractivity contribution is -0.222. The van der Waals surface area contributed by atoms with Gasteiger partial charge in [-0.3, -0.25) is 4.79 Å². The van der Waals surface area contributed by atoms with Crippen LogP contribution in [0, 0.1) is 0 Å². The highest BCUT2D eigenvalue weighted by atomic mass is 32.2. The highest BCUT2D eigenvalue weighted by Gasteiger charge is 2.45. The maximum atomic E-state index is 12.2. The number of rotatable bonds is 6. The second-order valence-corrected chi connectivity index (χ2v) is 4.39. The molecule has 0 rings (SSSR count). The maximum Gasteiger partial charge on any atom is 0.418 e. The van der Waals surface area contributed by atoms with Crippen LogP contribution >= 0.6 is 11.8 Å². The van der Waals surface area contributed by atoms with E-state index in [1.807, 2.05) is 6.92 Å². The summed E-state index contributed by atoms with van der Waals surface area (Å²) in [6, 6.07) is 0. The summed E-state index contributed by atoms with van der Waals surface area (Å²) in [5.41, 5.74) is -1.58. The molecule has 3 nitrogen and oxygen atoms in total. The molecule has 0 aliphatic rings. The first-order valence-electron chi connectivity index (χ1n) is 4.82. The summed E-state index contributed by atoms with van der Waals surface area (Å²) in [7, 11) is 0. The summed E-state index contributed by atoms with van der Waals surface area (Å²) >= 11 is 0.796. The van der Waals surface area contributed by atoms with Crippen molar-refractivity contribution in [2.75, 3.05) is 5.75 Å². The number of halogens is 3. The van der Waals surface area contributed by atoms with Crippen LogP contribution in [0.1, 0.15) is 26.7 Å². The zero-order valence-electron chi connectivity index (χ0n) is 9.08. The molecule has 0 aromatic rings. The van der Waals surface area contributed by atoms with Gasteiger partial charge in [-0.1, -0.05) is 13.3 Å². The van der Waals surface area contributed by atoms with Crippen molar-refractivity contribution in [2.24, 2.45) is 0 Å². The molecular formula is C9H15F3O3S. The molecule has 0 spiro atoms. The maximum absolute atomic E-state index is 12.2. The molecule has 0 aliphatic heterocycles. The van der Waals surface area contributed by atoms with Gasteiger partial charge in [-0.2, -0.15) is 13.2 Å². The van der Waals surface area contributed by atoms with E-state index < -0.39 is 23.7 Å². The van der Waals surface area contributed by atoms with Gasteiger partial charge in [-0.15, -0.1) is 11.8 Å². The molecule has 0 amide bonds. The Balaban J connectivity index is 4.35. The van der Waals surface area contributed by atoms with Gasteiger partial charge in [-0.25, -0.2) is 0 Å². The molecule has 0 saturated carbocycles. The van der Waals surface area contributed by atoms with Crippen LogP contribution in [0.25, 0.3) is 0 Å².